The standard InChI is InChI=1S/C29H35NO2.C29H37NO/c1-5-15-29(32)16-14-26-24-12-8-20-17-22(31)11-13-23(20)27(24)25(18-28(26,29)2)19-6-9-21(10-7-19)30(3)4;1-5-17-29(31)18-16-26-24-15-12-20-8-6-7-9-23(20)27(24)25(19-28(26,29)2)21-10-13-22(14-11-21)30(3)4/h6-7,9-10,17,24-26,32H,8,11-14,16,18H2,1-4H3;8,10-11,13-14,24-26,31H,6-7,9,12,15-16,18-19H2,1-4H3/t2*24-,25+,26-,28-,29-/m00/s1. The van der Waals surface area contributed by atoms with Crippen molar-refractivity contribution in [1.82, 2.24) is 0 Å². The molecule has 2 aromatic carbocycles. The Bertz CT molecular complexity index is 2390. The van der Waals surface area contributed by atoms with Crippen LogP contribution >= 0.6 is 0 Å². The molecule has 0 bridgehead atoms. The zero-order valence-corrected chi connectivity index (χ0v) is 39.5. The van der Waals surface area contributed by atoms with Gasteiger partial charge >= 0.3 is 0 Å². The number of rotatable bonds is 4. The normalized spacial score (nSPS) is 36.2. The minimum absolute atomic E-state index is 0.147. The number of anilines is 2. The average Bonchev–Trinajstić information content (AvgIpc) is 3.70. The number of aliphatic hydroxyl groups is 2. The predicted molar refractivity (Wildman–Crippen MR) is 258 cm³/mol. The molecule has 10 atom stereocenters. The fourth-order valence-electron chi connectivity index (χ4n) is 14.9. The molecule has 4 saturated carbocycles. The van der Waals surface area contributed by atoms with Gasteiger partial charge in [-0.1, -0.05) is 67.2 Å². The molecule has 63 heavy (non-hydrogen) atoms. The lowest BCUT2D eigenvalue weighted by Gasteiger charge is -2.53. The first-order valence-electron chi connectivity index (χ1n) is 24.4. The van der Waals surface area contributed by atoms with Crippen LogP contribution in [0, 0.1) is 58.2 Å². The Hall–Kier alpha value is -4.29. The van der Waals surface area contributed by atoms with Crippen molar-refractivity contribution < 1.29 is 15.0 Å². The minimum atomic E-state index is -0.914. The van der Waals surface area contributed by atoms with Crippen molar-refractivity contribution in [2.75, 3.05) is 38.0 Å². The quantitative estimate of drug-likeness (QED) is 0.300. The first kappa shape index (κ1) is 43.9. The largest absolute Gasteiger partial charge is 0.378 e. The van der Waals surface area contributed by atoms with Crippen molar-refractivity contribution in [2.45, 2.75) is 147 Å². The smallest absolute Gasteiger partial charge is 0.156 e. The van der Waals surface area contributed by atoms with Gasteiger partial charge in [0.2, 0.25) is 0 Å². The molecule has 5 nitrogen and oxygen atoms in total. The number of carbonyl (C=O) groups excluding carboxylic acids is 1. The highest BCUT2D eigenvalue weighted by Gasteiger charge is 2.64. The van der Waals surface area contributed by atoms with E-state index >= 15 is 0 Å². The summed E-state index contributed by atoms with van der Waals surface area (Å²) in [5.74, 6) is 15.6. The zero-order valence-electron chi connectivity index (χ0n) is 39.5. The van der Waals surface area contributed by atoms with Gasteiger partial charge in [-0.2, -0.15) is 0 Å². The highest BCUT2D eigenvalue weighted by atomic mass is 16.3. The summed E-state index contributed by atoms with van der Waals surface area (Å²) in [4.78, 5) is 16.5. The molecular weight excluding hydrogens is 773 g/mol. The summed E-state index contributed by atoms with van der Waals surface area (Å²) in [6.45, 7) is 8.37. The number of nitrogens with zero attached hydrogens (tertiary/aromatic N) is 2. The van der Waals surface area contributed by atoms with E-state index in [0.717, 1.165) is 57.8 Å². The maximum absolute atomic E-state index is 12.2. The number of hydrogen-bond donors (Lipinski definition) is 2. The summed E-state index contributed by atoms with van der Waals surface area (Å²) in [5, 5.41) is 23.5. The molecule has 2 aromatic rings. The molecule has 0 heterocycles. The highest BCUT2D eigenvalue weighted by molar-refractivity contribution is 5.93. The van der Waals surface area contributed by atoms with Crippen LogP contribution in [0.4, 0.5) is 11.4 Å². The van der Waals surface area contributed by atoms with E-state index in [-0.39, 0.29) is 22.5 Å². The SMILES string of the molecule is CC#C[C@]1(O)CC[C@H]2[C@@H]3CCC4=CC(=O)CCC4=C3[C@@H](c3ccc(N(C)C)cc3)C[C@@]21C.CC#C[C@]1(O)CC[C@H]2[C@@H]3CCC4=CCCCC4=C3[C@@H](c3ccc(N(C)C)cc3)C[C@@]21C. The monoisotopic (exact) mass is 845 g/mol. The van der Waals surface area contributed by atoms with Gasteiger partial charge in [0.15, 0.2) is 5.78 Å². The number of ketones is 1. The van der Waals surface area contributed by atoms with E-state index in [2.05, 4.69) is 130 Å². The van der Waals surface area contributed by atoms with Crippen LogP contribution < -0.4 is 9.80 Å². The number of fused-ring (bicyclic) bond motifs is 8. The second-order valence-electron chi connectivity index (χ2n) is 21.5. The molecule has 0 aliphatic heterocycles. The van der Waals surface area contributed by atoms with Crippen LogP contribution in [0.25, 0.3) is 0 Å². The third-order valence-corrected chi connectivity index (χ3v) is 18.1. The van der Waals surface area contributed by atoms with E-state index in [0.29, 0.717) is 36.0 Å². The summed E-state index contributed by atoms with van der Waals surface area (Å²) >= 11 is 0. The molecule has 4 fully saturated rings. The van der Waals surface area contributed by atoms with Crippen molar-refractivity contribution in [2.24, 2.45) is 34.5 Å². The second kappa shape index (κ2) is 16.6. The molecule has 332 valence electrons. The molecule has 0 aromatic heterocycles. The average molecular weight is 845 g/mol. The first-order chi connectivity index (χ1) is 30.1. The lowest BCUT2D eigenvalue weighted by molar-refractivity contribution is -0.114. The third kappa shape index (κ3) is 7.20. The summed E-state index contributed by atoms with van der Waals surface area (Å²) in [7, 11) is 8.34. The Balaban J connectivity index is 0.000000160. The fraction of sp³-hybridized carbons (Fsp3) is 0.569. The van der Waals surface area contributed by atoms with E-state index in [1.807, 2.05) is 19.9 Å². The highest BCUT2D eigenvalue weighted by Crippen LogP contribution is 2.68. The number of carbonyl (C=O) groups is 1. The van der Waals surface area contributed by atoms with Crippen LogP contribution in [0.3, 0.4) is 0 Å². The van der Waals surface area contributed by atoms with Crippen LogP contribution in [0.1, 0.15) is 147 Å². The van der Waals surface area contributed by atoms with Gasteiger partial charge in [-0.05, 0) is 191 Å². The number of allylic oxidation sites excluding steroid dienone is 8. The van der Waals surface area contributed by atoms with Gasteiger partial charge in [0.1, 0.15) is 11.2 Å². The Morgan fingerprint density at radius 3 is 1.52 bits per heavy atom. The first-order valence-corrected chi connectivity index (χ1v) is 24.4. The molecule has 10 rings (SSSR count). The Kier molecular flexibility index (Phi) is 11.6. The van der Waals surface area contributed by atoms with Gasteiger partial charge in [-0.3, -0.25) is 4.79 Å². The van der Waals surface area contributed by atoms with Crippen LogP contribution in [0.15, 0.2) is 94.1 Å². The predicted octanol–water partition coefficient (Wildman–Crippen LogP) is 11.6. The molecule has 8 aliphatic rings. The van der Waals surface area contributed by atoms with Crippen molar-refractivity contribution >= 4 is 17.2 Å². The molecule has 5 heteroatoms. The van der Waals surface area contributed by atoms with Gasteiger partial charge in [-0.15, -0.1) is 11.8 Å². The maximum atomic E-state index is 12.2. The lowest BCUT2D eigenvalue weighted by Crippen LogP contribution is -2.51. The van der Waals surface area contributed by atoms with E-state index < -0.39 is 11.2 Å². The minimum Gasteiger partial charge on any atom is -0.378 e. The molecule has 0 radical (unpaired) electrons. The van der Waals surface area contributed by atoms with Gasteiger partial charge in [0, 0.05) is 68.7 Å². The van der Waals surface area contributed by atoms with Crippen molar-refractivity contribution in [3.63, 3.8) is 0 Å². The van der Waals surface area contributed by atoms with E-state index in [1.54, 1.807) is 22.3 Å². The number of hydrogen-bond acceptors (Lipinski definition) is 5. The maximum Gasteiger partial charge on any atom is 0.156 e. The van der Waals surface area contributed by atoms with E-state index in [1.165, 1.54) is 65.8 Å². The zero-order chi connectivity index (χ0) is 44.5. The van der Waals surface area contributed by atoms with Crippen molar-refractivity contribution in [1.29, 1.82) is 0 Å². The fourth-order valence-corrected chi connectivity index (χ4v) is 14.9. The summed E-state index contributed by atoms with van der Waals surface area (Å²) in [6.07, 6.45) is 19.9. The molecule has 8 aliphatic carbocycles. The van der Waals surface area contributed by atoms with Crippen LogP contribution in [0.2, 0.25) is 0 Å². The van der Waals surface area contributed by atoms with Crippen LogP contribution in [-0.4, -0.2) is 55.4 Å². The van der Waals surface area contributed by atoms with E-state index in [9.17, 15) is 15.0 Å². The van der Waals surface area contributed by atoms with Gasteiger partial charge < -0.3 is 20.0 Å². The number of benzene rings is 2. The van der Waals surface area contributed by atoms with Crippen molar-refractivity contribution in [3.8, 4) is 23.7 Å². The van der Waals surface area contributed by atoms with E-state index in [4.69, 9.17) is 0 Å². The topological polar surface area (TPSA) is 64.0 Å². The Labute approximate surface area is 379 Å². The Morgan fingerprint density at radius 2 is 1.06 bits per heavy atom. The molecule has 0 amide bonds. The Morgan fingerprint density at radius 1 is 0.603 bits per heavy atom. The molecule has 2 N–H and O–H groups in total. The molecule has 0 unspecified atom stereocenters. The van der Waals surface area contributed by atoms with Crippen LogP contribution in [0.5, 0.6) is 0 Å². The van der Waals surface area contributed by atoms with Crippen molar-refractivity contribution in [3.05, 3.63) is 105 Å². The third-order valence-electron chi connectivity index (χ3n) is 18.1. The lowest BCUT2D eigenvalue weighted by atomic mass is 9.51. The molecule has 0 spiro atoms. The summed E-state index contributed by atoms with van der Waals surface area (Å²) in [5.41, 5.74) is 12.4. The summed E-state index contributed by atoms with van der Waals surface area (Å²) < 4.78 is 0. The second-order valence-corrected chi connectivity index (χ2v) is 21.5. The van der Waals surface area contributed by atoms with Gasteiger partial charge in [0.05, 0.1) is 0 Å². The summed E-state index contributed by atoms with van der Waals surface area (Å²) in [6, 6.07) is 18.2. The molecular formula is C58H72N2O3. The van der Waals surface area contributed by atoms with Gasteiger partial charge in [-0.25, -0.2) is 0 Å². The molecule has 0 saturated heterocycles. The van der Waals surface area contributed by atoms with Gasteiger partial charge in [0.25, 0.3) is 0 Å². The van der Waals surface area contributed by atoms with Crippen LogP contribution in [-0.2, 0) is 4.79 Å².